The maximum atomic E-state index is 12.4. The van der Waals surface area contributed by atoms with Crippen LogP contribution in [0.15, 0.2) is 24.3 Å². The minimum absolute atomic E-state index is 0.0694. The average Bonchev–Trinajstić information content (AvgIpc) is 2.47. The van der Waals surface area contributed by atoms with Gasteiger partial charge < -0.3 is 20.1 Å². The van der Waals surface area contributed by atoms with E-state index in [1.165, 1.54) is 0 Å². The van der Waals surface area contributed by atoms with Crippen LogP contribution in [0.25, 0.3) is 0 Å². The Morgan fingerprint density at radius 2 is 1.65 bits per heavy atom. The predicted octanol–water partition coefficient (Wildman–Crippen LogP) is 0.809. The molecule has 1 rings (SSSR count). The summed E-state index contributed by atoms with van der Waals surface area (Å²) in [5.41, 5.74) is 7.70. The fourth-order valence-electron chi connectivity index (χ4n) is 1.97. The van der Waals surface area contributed by atoms with Gasteiger partial charge in [0, 0.05) is 33.9 Å². The first kappa shape index (κ1) is 16.6. The maximum Gasteiger partial charge on any atom is 0.227 e. The van der Waals surface area contributed by atoms with Gasteiger partial charge in [-0.25, -0.2) is 0 Å². The molecule has 0 saturated carbocycles. The van der Waals surface area contributed by atoms with E-state index in [9.17, 15) is 4.79 Å². The minimum atomic E-state index is 0.0694. The van der Waals surface area contributed by atoms with Gasteiger partial charge in [-0.2, -0.15) is 0 Å². The first-order valence-electron chi connectivity index (χ1n) is 6.75. The SMILES string of the molecule is COCCN(CCOC)C(=O)Cc1ccccc1CN. The third-order valence-corrected chi connectivity index (χ3v) is 3.16. The summed E-state index contributed by atoms with van der Waals surface area (Å²) < 4.78 is 10.1. The van der Waals surface area contributed by atoms with Crippen LogP contribution >= 0.6 is 0 Å². The Hall–Kier alpha value is -1.43. The second-order valence-electron chi connectivity index (χ2n) is 4.52. The standard InChI is InChI=1S/C15H24N2O3/c1-19-9-7-17(8-10-20-2)15(18)11-13-5-3-4-6-14(13)12-16/h3-6H,7-12,16H2,1-2H3. The van der Waals surface area contributed by atoms with Crippen LogP contribution in [0.2, 0.25) is 0 Å². The van der Waals surface area contributed by atoms with E-state index in [1.807, 2.05) is 24.3 Å². The Morgan fingerprint density at radius 1 is 1.10 bits per heavy atom. The summed E-state index contributed by atoms with van der Waals surface area (Å²) in [5.74, 6) is 0.0694. The summed E-state index contributed by atoms with van der Waals surface area (Å²) in [6.45, 7) is 2.63. The van der Waals surface area contributed by atoms with E-state index in [0.29, 0.717) is 39.3 Å². The lowest BCUT2D eigenvalue weighted by atomic mass is 10.0. The topological polar surface area (TPSA) is 64.8 Å². The number of amides is 1. The van der Waals surface area contributed by atoms with Crippen LogP contribution < -0.4 is 5.73 Å². The summed E-state index contributed by atoms with van der Waals surface area (Å²) in [5, 5.41) is 0. The van der Waals surface area contributed by atoms with E-state index >= 15 is 0 Å². The van der Waals surface area contributed by atoms with Crippen LogP contribution in [-0.4, -0.2) is 51.3 Å². The molecule has 1 amide bonds. The molecular formula is C15H24N2O3. The highest BCUT2D eigenvalue weighted by molar-refractivity contribution is 5.79. The molecule has 0 aliphatic rings. The third-order valence-electron chi connectivity index (χ3n) is 3.16. The van der Waals surface area contributed by atoms with Crippen molar-refractivity contribution in [3.63, 3.8) is 0 Å². The Balaban J connectivity index is 2.68. The summed E-state index contributed by atoms with van der Waals surface area (Å²) in [4.78, 5) is 14.1. The smallest absolute Gasteiger partial charge is 0.227 e. The zero-order valence-electron chi connectivity index (χ0n) is 12.3. The van der Waals surface area contributed by atoms with Gasteiger partial charge in [0.05, 0.1) is 19.6 Å². The van der Waals surface area contributed by atoms with E-state index in [1.54, 1.807) is 19.1 Å². The number of hydrogen-bond donors (Lipinski definition) is 1. The van der Waals surface area contributed by atoms with Gasteiger partial charge in [-0.15, -0.1) is 0 Å². The van der Waals surface area contributed by atoms with Crippen molar-refractivity contribution in [3.8, 4) is 0 Å². The van der Waals surface area contributed by atoms with Gasteiger partial charge in [0.1, 0.15) is 0 Å². The predicted molar refractivity (Wildman–Crippen MR) is 78.4 cm³/mol. The van der Waals surface area contributed by atoms with Gasteiger partial charge in [-0.3, -0.25) is 4.79 Å². The molecule has 0 bridgehead atoms. The number of methoxy groups -OCH3 is 2. The van der Waals surface area contributed by atoms with Crippen molar-refractivity contribution in [2.24, 2.45) is 5.73 Å². The van der Waals surface area contributed by atoms with Crippen molar-refractivity contribution in [3.05, 3.63) is 35.4 Å². The Morgan fingerprint density at radius 3 is 2.15 bits per heavy atom. The van der Waals surface area contributed by atoms with Crippen molar-refractivity contribution in [2.45, 2.75) is 13.0 Å². The van der Waals surface area contributed by atoms with Gasteiger partial charge in [0.2, 0.25) is 5.91 Å². The molecule has 1 aromatic carbocycles. The van der Waals surface area contributed by atoms with Crippen LogP contribution in [0.3, 0.4) is 0 Å². The molecule has 0 fully saturated rings. The van der Waals surface area contributed by atoms with Crippen molar-refractivity contribution in [1.29, 1.82) is 0 Å². The number of carbonyl (C=O) groups excluding carboxylic acids is 1. The normalized spacial score (nSPS) is 10.6. The van der Waals surface area contributed by atoms with E-state index in [4.69, 9.17) is 15.2 Å². The lowest BCUT2D eigenvalue weighted by Gasteiger charge is -2.22. The molecule has 1 aromatic rings. The molecule has 0 heterocycles. The van der Waals surface area contributed by atoms with Crippen LogP contribution in [-0.2, 0) is 27.2 Å². The first-order valence-corrected chi connectivity index (χ1v) is 6.75. The average molecular weight is 280 g/mol. The molecule has 0 radical (unpaired) electrons. The van der Waals surface area contributed by atoms with Crippen molar-refractivity contribution in [2.75, 3.05) is 40.5 Å². The molecule has 0 aromatic heterocycles. The maximum absolute atomic E-state index is 12.4. The molecule has 0 saturated heterocycles. The van der Waals surface area contributed by atoms with Crippen molar-refractivity contribution in [1.82, 2.24) is 4.90 Å². The number of hydrogen-bond acceptors (Lipinski definition) is 4. The van der Waals surface area contributed by atoms with Crippen molar-refractivity contribution >= 4 is 5.91 Å². The molecule has 0 unspecified atom stereocenters. The number of carbonyl (C=O) groups is 1. The van der Waals surface area contributed by atoms with Gasteiger partial charge >= 0.3 is 0 Å². The monoisotopic (exact) mass is 280 g/mol. The summed E-state index contributed by atoms with van der Waals surface area (Å²) in [7, 11) is 3.26. The van der Waals surface area contributed by atoms with E-state index in [0.717, 1.165) is 11.1 Å². The fourth-order valence-corrected chi connectivity index (χ4v) is 1.97. The Bertz CT molecular complexity index is 402. The largest absolute Gasteiger partial charge is 0.383 e. The molecule has 0 spiro atoms. The third kappa shape index (κ3) is 5.28. The molecule has 0 aliphatic carbocycles. The summed E-state index contributed by atoms with van der Waals surface area (Å²) in [6, 6.07) is 7.77. The fraction of sp³-hybridized carbons (Fsp3) is 0.533. The van der Waals surface area contributed by atoms with Crippen molar-refractivity contribution < 1.29 is 14.3 Å². The van der Waals surface area contributed by atoms with Gasteiger partial charge in [-0.05, 0) is 11.1 Å². The first-order chi connectivity index (χ1) is 9.72. The van der Waals surface area contributed by atoms with Crippen LogP contribution in [0, 0.1) is 0 Å². The minimum Gasteiger partial charge on any atom is -0.383 e. The second kappa shape index (κ2) is 9.47. The highest BCUT2D eigenvalue weighted by Gasteiger charge is 2.14. The van der Waals surface area contributed by atoms with Gasteiger partial charge in [0.25, 0.3) is 0 Å². The molecule has 5 heteroatoms. The second-order valence-corrected chi connectivity index (χ2v) is 4.52. The number of nitrogens with two attached hydrogens (primary N) is 1. The van der Waals surface area contributed by atoms with E-state index in [-0.39, 0.29) is 5.91 Å². The Labute approximate surface area is 120 Å². The lowest BCUT2D eigenvalue weighted by molar-refractivity contribution is -0.131. The number of nitrogens with zero attached hydrogens (tertiary/aromatic N) is 1. The van der Waals surface area contributed by atoms with E-state index in [2.05, 4.69) is 0 Å². The molecule has 2 N–H and O–H groups in total. The number of ether oxygens (including phenoxy) is 2. The highest BCUT2D eigenvalue weighted by Crippen LogP contribution is 2.10. The van der Waals surface area contributed by atoms with Crippen LogP contribution in [0.5, 0.6) is 0 Å². The number of rotatable bonds is 9. The summed E-state index contributed by atoms with van der Waals surface area (Å²) >= 11 is 0. The van der Waals surface area contributed by atoms with Crippen LogP contribution in [0.4, 0.5) is 0 Å². The number of benzene rings is 1. The zero-order valence-corrected chi connectivity index (χ0v) is 12.3. The molecule has 5 nitrogen and oxygen atoms in total. The van der Waals surface area contributed by atoms with Gasteiger partial charge in [-0.1, -0.05) is 24.3 Å². The zero-order chi connectivity index (χ0) is 14.8. The van der Waals surface area contributed by atoms with Crippen LogP contribution in [0.1, 0.15) is 11.1 Å². The Kier molecular flexibility index (Phi) is 7.87. The summed E-state index contributed by atoms with van der Waals surface area (Å²) in [6.07, 6.45) is 0.362. The molecule has 0 atom stereocenters. The highest BCUT2D eigenvalue weighted by atomic mass is 16.5. The lowest BCUT2D eigenvalue weighted by Crippen LogP contribution is -2.37. The molecule has 20 heavy (non-hydrogen) atoms. The molecule has 112 valence electrons. The van der Waals surface area contributed by atoms with E-state index < -0.39 is 0 Å². The quantitative estimate of drug-likeness (QED) is 0.727. The molecular weight excluding hydrogens is 256 g/mol. The molecule has 0 aliphatic heterocycles. The van der Waals surface area contributed by atoms with Gasteiger partial charge in [0.15, 0.2) is 0 Å².